The number of aliphatic hydroxyl groups is 1. The highest BCUT2D eigenvalue weighted by Crippen LogP contribution is 2.28. The van der Waals surface area contributed by atoms with Crippen molar-refractivity contribution in [1.82, 2.24) is 4.90 Å². The topological polar surface area (TPSA) is 40.5 Å². The van der Waals surface area contributed by atoms with Gasteiger partial charge < -0.3 is 10.0 Å². The Morgan fingerprint density at radius 2 is 2.24 bits per heavy atom. The van der Waals surface area contributed by atoms with Crippen LogP contribution < -0.4 is 0 Å². The van der Waals surface area contributed by atoms with Crippen molar-refractivity contribution in [2.45, 2.75) is 18.9 Å². The lowest BCUT2D eigenvalue weighted by molar-refractivity contribution is 0.0678. The van der Waals surface area contributed by atoms with Gasteiger partial charge in [-0.3, -0.25) is 4.79 Å². The lowest BCUT2D eigenvalue weighted by atomic mass is 10.1. The third-order valence-corrected chi connectivity index (χ3v) is 3.85. The van der Waals surface area contributed by atoms with E-state index in [0.29, 0.717) is 17.1 Å². The van der Waals surface area contributed by atoms with Gasteiger partial charge in [0.05, 0.1) is 28.3 Å². The van der Waals surface area contributed by atoms with Crippen LogP contribution in [0.1, 0.15) is 23.2 Å². The molecule has 1 aromatic rings. The highest BCUT2D eigenvalue weighted by molar-refractivity contribution is 6.43. The second-order valence-electron chi connectivity index (χ2n) is 4.08. The summed E-state index contributed by atoms with van der Waals surface area (Å²) in [4.78, 5) is 13.9. The van der Waals surface area contributed by atoms with E-state index in [-0.39, 0.29) is 23.6 Å². The Morgan fingerprint density at radius 3 is 2.94 bits per heavy atom. The number of hydrogen-bond acceptors (Lipinski definition) is 2. The number of carbonyl (C=O) groups is 1. The molecular weight excluding hydrogens is 261 g/mol. The molecule has 1 aliphatic rings. The molecule has 3 nitrogen and oxygen atoms in total. The van der Waals surface area contributed by atoms with Crippen LogP contribution in [-0.2, 0) is 0 Å². The first-order chi connectivity index (χ1) is 8.15. The van der Waals surface area contributed by atoms with Gasteiger partial charge in [-0.2, -0.15) is 0 Å². The first kappa shape index (κ1) is 12.7. The zero-order chi connectivity index (χ0) is 12.4. The van der Waals surface area contributed by atoms with Crippen LogP contribution in [0.15, 0.2) is 18.2 Å². The van der Waals surface area contributed by atoms with E-state index in [9.17, 15) is 9.90 Å². The maximum Gasteiger partial charge on any atom is 0.255 e. The molecule has 92 valence electrons. The molecule has 1 saturated heterocycles. The smallest absolute Gasteiger partial charge is 0.255 e. The molecule has 0 saturated carbocycles. The van der Waals surface area contributed by atoms with E-state index >= 15 is 0 Å². The fourth-order valence-corrected chi connectivity index (χ4v) is 2.50. The number of benzene rings is 1. The van der Waals surface area contributed by atoms with Gasteiger partial charge in [-0.15, -0.1) is 0 Å². The van der Waals surface area contributed by atoms with Gasteiger partial charge in [0.15, 0.2) is 0 Å². The Bertz CT molecular complexity index is 437. The summed E-state index contributed by atoms with van der Waals surface area (Å²) in [6, 6.07) is 4.90. The minimum Gasteiger partial charge on any atom is -0.394 e. The van der Waals surface area contributed by atoms with Crippen LogP contribution in [0.2, 0.25) is 10.0 Å². The van der Waals surface area contributed by atoms with E-state index in [0.717, 1.165) is 12.8 Å². The van der Waals surface area contributed by atoms with E-state index in [4.69, 9.17) is 23.2 Å². The van der Waals surface area contributed by atoms with Crippen LogP contribution in [0.4, 0.5) is 0 Å². The molecule has 5 heteroatoms. The van der Waals surface area contributed by atoms with E-state index in [1.165, 1.54) is 0 Å². The van der Waals surface area contributed by atoms with Crippen LogP contribution in [0, 0.1) is 0 Å². The van der Waals surface area contributed by atoms with Crippen LogP contribution in [0.25, 0.3) is 0 Å². The number of nitrogens with zero attached hydrogens (tertiary/aromatic N) is 1. The number of hydrogen-bond donors (Lipinski definition) is 1. The van der Waals surface area contributed by atoms with Gasteiger partial charge in [0.2, 0.25) is 0 Å². The molecule has 1 unspecified atom stereocenters. The second kappa shape index (κ2) is 5.25. The summed E-state index contributed by atoms with van der Waals surface area (Å²) in [5.41, 5.74) is 0.402. The fourth-order valence-electron chi connectivity index (χ4n) is 2.12. The van der Waals surface area contributed by atoms with Crippen molar-refractivity contribution in [2.24, 2.45) is 0 Å². The van der Waals surface area contributed by atoms with Crippen molar-refractivity contribution in [1.29, 1.82) is 0 Å². The van der Waals surface area contributed by atoms with Crippen molar-refractivity contribution in [3.05, 3.63) is 33.8 Å². The standard InChI is InChI=1S/C12H13Cl2NO2/c13-10-5-1-4-9(11(10)14)12(17)15-6-2-3-8(15)7-16/h1,4-5,8,16H,2-3,6-7H2. The lowest BCUT2D eigenvalue weighted by Crippen LogP contribution is -2.37. The highest BCUT2D eigenvalue weighted by atomic mass is 35.5. The molecule has 0 aliphatic carbocycles. The largest absolute Gasteiger partial charge is 0.394 e. The van der Waals surface area contributed by atoms with E-state index in [1.807, 2.05) is 0 Å². The average Bonchev–Trinajstić information content (AvgIpc) is 2.80. The monoisotopic (exact) mass is 273 g/mol. The summed E-state index contributed by atoms with van der Waals surface area (Å²) in [5, 5.41) is 9.86. The predicted octanol–water partition coefficient (Wildman–Crippen LogP) is 2.59. The van der Waals surface area contributed by atoms with E-state index in [2.05, 4.69) is 0 Å². The van der Waals surface area contributed by atoms with Crippen molar-refractivity contribution in [3.63, 3.8) is 0 Å². The molecule has 0 radical (unpaired) electrons. The number of halogens is 2. The molecule has 1 heterocycles. The van der Waals surface area contributed by atoms with Gasteiger partial charge in [-0.1, -0.05) is 29.3 Å². The Balaban J connectivity index is 2.28. The van der Waals surface area contributed by atoms with Gasteiger partial charge >= 0.3 is 0 Å². The van der Waals surface area contributed by atoms with E-state index < -0.39 is 0 Å². The first-order valence-electron chi connectivity index (χ1n) is 5.51. The Morgan fingerprint density at radius 1 is 1.47 bits per heavy atom. The summed E-state index contributed by atoms with van der Waals surface area (Å²) in [6.45, 7) is 0.650. The van der Waals surface area contributed by atoms with Crippen LogP contribution in [0.5, 0.6) is 0 Å². The SMILES string of the molecule is O=C(c1cccc(Cl)c1Cl)N1CCCC1CO. The molecule has 17 heavy (non-hydrogen) atoms. The van der Waals surface area contributed by atoms with Gasteiger partial charge in [-0.05, 0) is 25.0 Å². The molecular formula is C12H13Cl2NO2. The quantitative estimate of drug-likeness (QED) is 0.900. The summed E-state index contributed by atoms with van der Waals surface area (Å²) in [6.07, 6.45) is 1.75. The summed E-state index contributed by atoms with van der Waals surface area (Å²) >= 11 is 11.9. The third kappa shape index (κ3) is 2.41. The molecule has 2 rings (SSSR count). The predicted molar refractivity (Wildman–Crippen MR) is 67.6 cm³/mol. The molecule has 1 amide bonds. The second-order valence-corrected chi connectivity index (χ2v) is 4.86. The maximum absolute atomic E-state index is 12.3. The average molecular weight is 274 g/mol. The first-order valence-corrected chi connectivity index (χ1v) is 6.26. The molecule has 1 aliphatic heterocycles. The van der Waals surface area contributed by atoms with Crippen molar-refractivity contribution in [2.75, 3.05) is 13.2 Å². The number of rotatable bonds is 2. The Kier molecular flexibility index (Phi) is 3.92. The minimum absolute atomic E-state index is 0.01000. The molecule has 0 aromatic heterocycles. The van der Waals surface area contributed by atoms with Crippen LogP contribution in [-0.4, -0.2) is 35.1 Å². The third-order valence-electron chi connectivity index (χ3n) is 3.03. The molecule has 1 fully saturated rings. The minimum atomic E-state index is -0.158. The summed E-state index contributed by atoms with van der Waals surface area (Å²) in [5.74, 6) is -0.158. The van der Waals surface area contributed by atoms with Gasteiger partial charge in [0.1, 0.15) is 0 Å². The summed E-state index contributed by atoms with van der Waals surface area (Å²) < 4.78 is 0. The zero-order valence-corrected chi connectivity index (χ0v) is 10.7. The lowest BCUT2D eigenvalue weighted by Gasteiger charge is -2.23. The molecule has 1 aromatic carbocycles. The fraction of sp³-hybridized carbons (Fsp3) is 0.417. The maximum atomic E-state index is 12.3. The van der Waals surface area contributed by atoms with Gasteiger partial charge in [0.25, 0.3) is 5.91 Å². The number of likely N-dealkylation sites (tertiary alicyclic amines) is 1. The van der Waals surface area contributed by atoms with Crippen molar-refractivity contribution in [3.8, 4) is 0 Å². The van der Waals surface area contributed by atoms with Crippen molar-refractivity contribution >= 4 is 29.1 Å². The molecule has 1 N–H and O–H groups in total. The summed E-state index contributed by atoms with van der Waals surface area (Å²) in [7, 11) is 0. The normalized spacial score (nSPS) is 19.7. The molecule has 1 atom stereocenters. The van der Waals surface area contributed by atoms with Gasteiger partial charge in [0, 0.05) is 6.54 Å². The van der Waals surface area contributed by atoms with E-state index in [1.54, 1.807) is 23.1 Å². The van der Waals surface area contributed by atoms with Gasteiger partial charge in [-0.25, -0.2) is 0 Å². The van der Waals surface area contributed by atoms with Crippen LogP contribution in [0.3, 0.4) is 0 Å². The zero-order valence-electron chi connectivity index (χ0n) is 9.20. The molecule has 0 spiro atoms. The van der Waals surface area contributed by atoms with Crippen molar-refractivity contribution < 1.29 is 9.90 Å². The number of carbonyl (C=O) groups excluding carboxylic acids is 1. The number of amides is 1. The molecule has 0 bridgehead atoms. The number of aliphatic hydroxyl groups excluding tert-OH is 1. The Labute approximate surface area is 110 Å². The highest BCUT2D eigenvalue weighted by Gasteiger charge is 2.29. The Hall–Kier alpha value is -0.770. The van der Waals surface area contributed by atoms with Crippen LogP contribution >= 0.6 is 23.2 Å².